The lowest BCUT2D eigenvalue weighted by molar-refractivity contribution is -0.128. The zero-order valence-corrected chi connectivity index (χ0v) is 11.9. The third-order valence-electron chi connectivity index (χ3n) is 4.93. The largest absolute Gasteiger partial charge is 0.300 e. The van der Waals surface area contributed by atoms with Gasteiger partial charge in [-0.25, -0.2) is 0 Å². The number of hydrogen-bond acceptors (Lipinski definition) is 2. The molecule has 3 atom stereocenters. The number of Topliss-reactive ketones (excluding diaryl/α,β-unsaturated/α-hetero) is 1. The van der Waals surface area contributed by atoms with Gasteiger partial charge in [-0.2, -0.15) is 0 Å². The molecular weight excluding hydrogens is 234 g/mol. The van der Waals surface area contributed by atoms with Crippen LogP contribution in [-0.2, 0) is 4.79 Å². The van der Waals surface area contributed by atoms with Crippen LogP contribution in [0.4, 0.5) is 0 Å². The Kier molecular flexibility index (Phi) is 3.44. The van der Waals surface area contributed by atoms with Crippen molar-refractivity contribution >= 4 is 5.78 Å². The van der Waals surface area contributed by atoms with Gasteiger partial charge in [-0.3, -0.25) is 9.69 Å². The third-order valence-corrected chi connectivity index (χ3v) is 4.93. The summed E-state index contributed by atoms with van der Waals surface area (Å²) >= 11 is 0. The summed E-state index contributed by atoms with van der Waals surface area (Å²) < 4.78 is 0. The molecule has 1 aromatic carbocycles. The predicted octanol–water partition coefficient (Wildman–Crippen LogP) is 3.64. The molecular formula is C17H23NO. The van der Waals surface area contributed by atoms with Gasteiger partial charge in [-0.1, -0.05) is 30.7 Å². The molecule has 102 valence electrons. The minimum absolute atomic E-state index is 0.435. The zero-order valence-electron chi connectivity index (χ0n) is 11.9. The molecule has 1 aromatic rings. The second-order valence-corrected chi connectivity index (χ2v) is 6.17. The monoisotopic (exact) mass is 257 g/mol. The van der Waals surface area contributed by atoms with Crippen molar-refractivity contribution in [3.05, 3.63) is 35.4 Å². The number of aryl methyl sites for hydroxylation is 1. The molecule has 3 unspecified atom stereocenters. The van der Waals surface area contributed by atoms with Crippen LogP contribution >= 0.6 is 0 Å². The average Bonchev–Trinajstić information content (AvgIpc) is 2.37. The van der Waals surface area contributed by atoms with E-state index in [1.54, 1.807) is 0 Å². The lowest BCUT2D eigenvalue weighted by atomic mass is 9.81. The molecule has 19 heavy (non-hydrogen) atoms. The lowest BCUT2D eigenvalue weighted by Gasteiger charge is -2.49. The standard InChI is InChI=1S/C17H23NO/c1-12-6-3-4-9-17(12)13(2)18-14-7-5-8-15(18)11-16(19)10-14/h3-4,6,9,13-15H,5,7-8,10-11H2,1-2H3. The first-order chi connectivity index (χ1) is 9.16. The molecule has 2 aliphatic heterocycles. The summed E-state index contributed by atoms with van der Waals surface area (Å²) in [7, 11) is 0. The number of ketones is 1. The number of nitrogens with zero attached hydrogens (tertiary/aromatic N) is 1. The second-order valence-electron chi connectivity index (χ2n) is 6.17. The Bertz CT molecular complexity index is 466. The van der Waals surface area contributed by atoms with Gasteiger partial charge >= 0.3 is 0 Å². The maximum absolute atomic E-state index is 11.8. The molecule has 3 rings (SSSR count). The summed E-state index contributed by atoms with van der Waals surface area (Å²) in [5, 5.41) is 0. The molecule has 2 bridgehead atoms. The van der Waals surface area contributed by atoms with Gasteiger partial charge in [-0.05, 0) is 37.8 Å². The summed E-state index contributed by atoms with van der Waals surface area (Å²) in [4.78, 5) is 14.5. The van der Waals surface area contributed by atoms with E-state index in [1.165, 1.54) is 30.4 Å². The minimum Gasteiger partial charge on any atom is -0.300 e. The number of benzene rings is 1. The van der Waals surface area contributed by atoms with Crippen molar-refractivity contribution < 1.29 is 4.79 Å². The van der Waals surface area contributed by atoms with E-state index in [-0.39, 0.29) is 0 Å². The van der Waals surface area contributed by atoms with E-state index in [0.717, 1.165) is 12.8 Å². The predicted molar refractivity (Wildman–Crippen MR) is 77.1 cm³/mol. The number of piperidine rings is 2. The van der Waals surface area contributed by atoms with Gasteiger partial charge in [0.2, 0.25) is 0 Å². The van der Waals surface area contributed by atoms with E-state index in [1.807, 2.05) is 0 Å². The highest BCUT2D eigenvalue weighted by atomic mass is 16.1. The van der Waals surface area contributed by atoms with Crippen molar-refractivity contribution in [2.24, 2.45) is 0 Å². The van der Waals surface area contributed by atoms with E-state index >= 15 is 0 Å². The van der Waals surface area contributed by atoms with Crippen LogP contribution in [0.15, 0.2) is 24.3 Å². The molecule has 0 aliphatic carbocycles. The maximum Gasteiger partial charge on any atom is 0.136 e. The highest BCUT2D eigenvalue weighted by Gasteiger charge is 2.40. The fourth-order valence-electron chi connectivity index (χ4n) is 4.06. The van der Waals surface area contributed by atoms with Gasteiger partial charge in [0.05, 0.1) is 0 Å². The molecule has 2 heteroatoms. The highest BCUT2D eigenvalue weighted by molar-refractivity contribution is 5.80. The Hall–Kier alpha value is -1.15. The van der Waals surface area contributed by atoms with Crippen LogP contribution in [0.5, 0.6) is 0 Å². The second kappa shape index (κ2) is 5.09. The smallest absolute Gasteiger partial charge is 0.136 e. The van der Waals surface area contributed by atoms with Crippen LogP contribution in [0.2, 0.25) is 0 Å². The van der Waals surface area contributed by atoms with E-state index in [0.29, 0.717) is 23.9 Å². The molecule has 0 saturated carbocycles. The van der Waals surface area contributed by atoms with Crippen molar-refractivity contribution in [2.45, 2.75) is 64.1 Å². The first-order valence-electron chi connectivity index (χ1n) is 7.51. The fourth-order valence-corrected chi connectivity index (χ4v) is 4.06. The summed E-state index contributed by atoms with van der Waals surface area (Å²) in [6, 6.07) is 10.1. The Morgan fingerprint density at radius 1 is 1.16 bits per heavy atom. The van der Waals surface area contributed by atoms with E-state index in [2.05, 4.69) is 43.0 Å². The Morgan fingerprint density at radius 3 is 2.42 bits per heavy atom. The van der Waals surface area contributed by atoms with Crippen LogP contribution in [-0.4, -0.2) is 22.8 Å². The van der Waals surface area contributed by atoms with Gasteiger partial charge in [0.25, 0.3) is 0 Å². The molecule has 2 aliphatic rings. The van der Waals surface area contributed by atoms with Crippen molar-refractivity contribution in [2.75, 3.05) is 0 Å². The molecule has 0 radical (unpaired) electrons. The van der Waals surface area contributed by atoms with Gasteiger partial charge in [0, 0.05) is 31.0 Å². The van der Waals surface area contributed by atoms with Gasteiger partial charge in [0.1, 0.15) is 5.78 Å². The van der Waals surface area contributed by atoms with Crippen molar-refractivity contribution in [3.63, 3.8) is 0 Å². The first kappa shape index (κ1) is 12.9. The van der Waals surface area contributed by atoms with E-state index < -0.39 is 0 Å². The average molecular weight is 257 g/mol. The van der Waals surface area contributed by atoms with E-state index in [9.17, 15) is 4.79 Å². The molecule has 0 spiro atoms. The molecule has 0 N–H and O–H groups in total. The molecule has 2 heterocycles. The molecule has 2 saturated heterocycles. The topological polar surface area (TPSA) is 20.3 Å². The molecule has 0 amide bonds. The van der Waals surface area contributed by atoms with Crippen LogP contribution in [0.3, 0.4) is 0 Å². The molecule has 2 fully saturated rings. The Labute approximate surface area is 115 Å². The maximum atomic E-state index is 11.8. The van der Waals surface area contributed by atoms with Crippen molar-refractivity contribution in [3.8, 4) is 0 Å². The summed E-state index contributed by atoms with van der Waals surface area (Å²) in [5.74, 6) is 0.475. The summed E-state index contributed by atoms with van der Waals surface area (Å²) in [6.45, 7) is 4.50. The number of carbonyl (C=O) groups is 1. The fraction of sp³-hybridized carbons (Fsp3) is 0.588. The van der Waals surface area contributed by atoms with Crippen LogP contribution < -0.4 is 0 Å². The molecule has 0 aromatic heterocycles. The highest BCUT2D eigenvalue weighted by Crippen LogP contribution is 2.39. The normalized spacial score (nSPS) is 29.3. The number of hydrogen-bond donors (Lipinski definition) is 0. The quantitative estimate of drug-likeness (QED) is 0.806. The summed E-state index contributed by atoms with van der Waals surface area (Å²) in [5.41, 5.74) is 2.79. The van der Waals surface area contributed by atoms with Gasteiger partial charge in [-0.15, -0.1) is 0 Å². The van der Waals surface area contributed by atoms with Gasteiger partial charge in [0.15, 0.2) is 0 Å². The zero-order chi connectivity index (χ0) is 13.4. The van der Waals surface area contributed by atoms with Crippen molar-refractivity contribution in [1.82, 2.24) is 4.90 Å². The Morgan fingerprint density at radius 2 is 1.79 bits per heavy atom. The number of fused-ring (bicyclic) bond motifs is 2. The molecule has 2 nitrogen and oxygen atoms in total. The van der Waals surface area contributed by atoms with Crippen LogP contribution in [0.1, 0.15) is 56.2 Å². The SMILES string of the molecule is Cc1ccccc1C(C)N1C2CCCC1CC(=O)C2. The van der Waals surface area contributed by atoms with Crippen molar-refractivity contribution in [1.29, 1.82) is 0 Å². The minimum atomic E-state index is 0.435. The lowest BCUT2D eigenvalue weighted by Crippen LogP contribution is -2.53. The number of carbonyl (C=O) groups excluding carboxylic acids is 1. The Balaban J connectivity index is 1.89. The first-order valence-corrected chi connectivity index (χ1v) is 7.51. The van der Waals surface area contributed by atoms with Crippen LogP contribution in [0.25, 0.3) is 0 Å². The van der Waals surface area contributed by atoms with Gasteiger partial charge < -0.3 is 0 Å². The summed E-state index contributed by atoms with van der Waals surface area (Å²) in [6.07, 6.45) is 5.22. The van der Waals surface area contributed by atoms with E-state index in [4.69, 9.17) is 0 Å². The third kappa shape index (κ3) is 2.34. The van der Waals surface area contributed by atoms with Crippen LogP contribution in [0, 0.1) is 6.92 Å². The number of rotatable bonds is 2.